The van der Waals surface area contributed by atoms with E-state index in [2.05, 4.69) is 32.2 Å². The molecule has 0 aromatic carbocycles. The average molecular weight is 298 g/mol. The number of aliphatic hydroxyl groups is 1. The summed E-state index contributed by atoms with van der Waals surface area (Å²) in [5, 5.41) is 12.0. The topological polar surface area (TPSA) is 32.3 Å². The van der Waals surface area contributed by atoms with Crippen LogP contribution < -0.4 is 5.32 Å². The summed E-state index contributed by atoms with van der Waals surface area (Å²) in [5.74, 6) is 0.833. The standard InChI is InChI=1S/C15H29NO.C4H10/c17-14-8-13-16-12-6-4-2-1-3-5-9-15-10-7-11-15;1-4(2)3/h9,16-17H,1-8,10-14H2;4H,1-3H3. The van der Waals surface area contributed by atoms with Gasteiger partial charge in [-0.1, -0.05) is 51.7 Å². The highest BCUT2D eigenvalue weighted by Crippen LogP contribution is 2.25. The van der Waals surface area contributed by atoms with Gasteiger partial charge >= 0.3 is 0 Å². The molecule has 2 nitrogen and oxygen atoms in total. The van der Waals surface area contributed by atoms with Crippen molar-refractivity contribution in [3.05, 3.63) is 11.6 Å². The third-order valence-corrected chi connectivity index (χ3v) is 3.50. The molecule has 0 spiro atoms. The second-order valence-corrected chi connectivity index (χ2v) is 6.83. The molecule has 1 aliphatic rings. The molecule has 126 valence electrons. The molecular weight excluding hydrogens is 258 g/mol. The first kappa shape index (κ1) is 20.7. The van der Waals surface area contributed by atoms with Gasteiger partial charge in [0, 0.05) is 6.61 Å². The zero-order valence-corrected chi connectivity index (χ0v) is 14.8. The van der Waals surface area contributed by atoms with Gasteiger partial charge in [-0.05, 0) is 64.0 Å². The van der Waals surface area contributed by atoms with Crippen LogP contribution in [0.1, 0.15) is 85.0 Å². The van der Waals surface area contributed by atoms with Crippen LogP contribution in [0.5, 0.6) is 0 Å². The van der Waals surface area contributed by atoms with E-state index in [0.717, 1.165) is 25.4 Å². The van der Waals surface area contributed by atoms with Crippen LogP contribution in [0.15, 0.2) is 11.6 Å². The van der Waals surface area contributed by atoms with Gasteiger partial charge in [0.15, 0.2) is 0 Å². The molecule has 0 heterocycles. The van der Waals surface area contributed by atoms with Crippen molar-refractivity contribution in [3.63, 3.8) is 0 Å². The third kappa shape index (κ3) is 17.6. The van der Waals surface area contributed by atoms with E-state index in [-0.39, 0.29) is 0 Å². The molecule has 1 rings (SSSR count). The van der Waals surface area contributed by atoms with Crippen LogP contribution in [-0.2, 0) is 0 Å². The monoisotopic (exact) mass is 297 g/mol. The van der Waals surface area contributed by atoms with Crippen LogP contribution in [0, 0.1) is 5.92 Å². The summed E-state index contributed by atoms with van der Waals surface area (Å²) in [6.07, 6.45) is 15.6. The third-order valence-electron chi connectivity index (χ3n) is 3.50. The smallest absolute Gasteiger partial charge is 0.0443 e. The number of aliphatic hydroxyl groups excluding tert-OH is 1. The van der Waals surface area contributed by atoms with Crippen molar-refractivity contribution in [2.45, 2.75) is 85.0 Å². The quantitative estimate of drug-likeness (QED) is 0.412. The van der Waals surface area contributed by atoms with E-state index in [0.29, 0.717) is 6.61 Å². The van der Waals surface area contributed by atoms with Gasteiger partial charge in [0.05, 0.1) is 0 Å². The van der Waals surface area contributed by atoms with Gasteiger partial charge in [0.2, 0.25) is 0 Å². The molecule has 1 aliphatic carbocycles. The van der Waals surface area contributed by atoms with E-state index in [4.69, 9.17) is 5.11 Å². The minimum Gasteiger partial charge on any atom is -0.396 e. The summed E-state index contributed by atoms with van der Waals surface area (Å²) < 4.78 is 0. The Balaban J connectivity index is 0.000000885. The van der Waals surface area contributed by atoms with Gasteiger partial charge in [-0.3, -0.25) is 0 Å². The summed E-state index contributed by atoms with van der Waals surface area (Å²) in [6, 6.07) is 0. The van der Waals surface area contributed by atoms with E-state index in [1.54, 1.807) is 5.57 Å². The summed E-state index contributed by atoms with van der Waals surface area (Å²) in [7, 11) is 0. The minimum absolute atomic E-state index is 0.308. The van der Waals surface area contributed by atoms with E-state index in [1.807, 2.05) is 0 Å². The van der Waals surface area contributed by atoms with Gasteiger partial charge in [-0.15, -0.1) is 0 Å². The van der Waals surface area contributed by atoms with Gasteiger partial charge in [0.1, 0.15) is 0 Å². The molecule has 0 atom stereocenters. The summed E-state index contributed by atoms with van der Waals surface area (Å²) >= 11 is 0. The van der Waals surface area contributed by atoms with Crippen LogP contribution in [0.25, 0.3) is 0 Å². The maximum absolute atomic E-state index is 8.61. The van der Waals surface area contributed by atoms with Gasteiger partial charge in [-0.2, -0.15) is 0 Å². The molecule has 21 heavy (non-hydrogen) atoms. The molecule has 0 saturated heterocycles. The van der Waals surface area contributed by atoms with Crippen molar-refractivity contribution in [2.75, 3.05) is 19.7 Å². The van der Waals surface area contributed by atoms with Crippen molar-refractivity contribution in [1.29, 1.82) is 0 Å². The van der Waals surface area contributed by atoms with Crippen LogP contribution in [0.4, 0.5) is 0 Å². The summed E-state index contributed by atoms with van der Waals surface area (Å²) in [4.78, 5) is 0. The normalized spacial score (nSPS) is 13.7. The Morgan fingerprint density at radius 2 is 1.52 bits per heavy atom. The SMILES string of the molecule is CC(C)C.OCCCNCCCCCCCC=C1CCC1. The van der Waals surface area contributed by atoms with Gasteiger partial charge < -0.3 is 10.4 Å². The minimum atomic E-state index is 0.308. The molecular formula is C19H39NO. The largest absolute Gasteiger partial charge is 0.396 e. The van der Waals surface area contributed by atoms with E-state index >= 15 is 0 Å². The van der Waals surface area contributed by atoms with Crippen molar-refractivity contribution >= 4 is 0 Å². The maximum atomic E-state index is 8.61. The second-order valence-electron chi connectivity index (χ2n) is 6.83. The highest BCUT2D eigenvalue weighted by molar-refractivity contribution is 5.08. The lowest BCUT2D eigenvalue weighted by atomic mass is 9.91. The second kappa shape index (κ2) is 16.0. The van der Waals surface area contributed by atoms with Crippen molar-refractivity contribution in [3.8, 4) is 0 Å². The molecule has 0 amide bonds. The molecule has 0 bridgehead atoms. The zero-order valence-electron chi connectivity index (χ0n) is 14.8. The lowest BCUT2D eigenvalue weighted by Crippen LogP contribution is -2.17. The predicted molar refractivity (Wildman–Crippen MR) is 94.7 cm³/mol. The van der Waals surface area contributed by atoms with Gasteiger partial charge in [-0.25, -0.2) is 0 Å². The Hall–Kier alpha value is -0.340. The van der Waals surface area contributed by atoms with E-state index in [1.165, 1.54) is 57.8 Å². The fraction of sp³-hybridized carbons (Fsp3) is 0.895. The first-order valence-electron chi connectivity index (χ1n) is 9.16. The molecule has 1 saturated carbocycles. The van der Waals surface area contributed by atoms with Crippen LogP contribution in [-0.4, -0.2) is 24.8 Å². The predicted octanol–water partition coefficient (Wildman–Crippen LogP) is 5.07. The molecule has 0 aromatic heterocycles. The number of rotatable bonds is 11. The van der Waals surface area contributed by atoms with Crippen molar-refractivity contribution in [1.82, 2.24) is 5.32 Å². The Kier molecular flexibility index (Phi) is 15.8. The molecule has 2 N–H and O–H groups in total. The molecule has 1 fully saturated rings. The van der Waals surface area contributed by atoms with Crippen LogP contribution >= 0.6 is 0 Å². The molecule has 0 aromatic rings. The fourth-order valence-corrected chi connectivity index (χ4v) is 2.14. The lowest BCUT2D eigenvalue weighted by molar-refractivity contribution is 0.286. The molecule has 0 aliphatic heterocycles. The highest BCUT2D eigenvalue weighted by Gasteiger charge is 2.06. The number of hydrogen-bond donors (Lipinski definition) is 2. The average Bonchev–Trinajstić information content (AvgIpc) is 2.37. The van der Waals surface area contributed by atoms with E-state index < -0.39 is 0 Å². The van der Waals surface area contributed by atoms with E-state index in [9.17, 15) is 0 Å². The van der Waals surface area contributed by atoms with Crippen LogP contribution in [0.2, 0.25) is 0 Å². The Bertz CT molecular complexity index is 227. The Labute approximate surface area is 133 Å². The number of unbranched alkanes of at least 4 members (excludes halogenated alkanes) is 5. The molecule has 2 heteroatoms. The Morgan fingerprint density at radius 3 is 2.10 bits per heavy atom. The van der Waals surface area contributed by atoms with Gasteiger partial charge in [0.25, 0.3) is 0 Å². The number of hydrogen-bond acceptors (Lipinski definition) is 2. The fourth-order valence-electron chi connectivity index (χ4n) is 2.14. The highest BCUT2D eigenvalue weighted by atomic mass is 16.3. The van der Waals surface area contributed by atoms with Crippen molar-refractivity contribution < 1.29 is 5.11 Å². The lowest BCUT2D eigenvalue weighted by Gasteiger charge is -2.15. The maximum Gasteiger partial charge on any atom is 0.0443 e. The molecule has 0 unspecified atom stereocenters. The number of nitrogens with one attached hydrogen (secondary N) is 1. The number of allylic oxidation sites excluding steroid dienone is 2. The first-order chi connectivity index (χ1) is 10.2. The summed E-state index contributed by atoms with van der Waals surface area (Å²) in [6.45, 7) is 8.89. The Morgan fingerprint density at radius 1 is 0.952 bits per heavy atom. The van der Waals surface area contributed by atoms with Crippen molar-refractivity contribution in [2.24, 2.45) is 5.92 Å². The summed E-state index contributed by atoms with van der Waals surface area (Å²) in [5.41, 5.74) is 1.71. The zero-order chi connectivity index (χ0) is 15.8. The van der Waals surface area contributed by atoms with Crippen LogP contribution in [0.3, 0.4) is 0 Å². The first-order valence-corrected chi connectivity index (χ1v) is 9.16. The molecule has 0 radical (unpaired) electrons.